The number of nitrogens with zero attached hydrogens (tertiary/aromatic N) is 1. The molecule has 0 saturated carbocycles. The molecule has 1 aliphatic rings. The lowest BCUT2D eigenvalue weighted by molar-refractivity contribution is -0.111. The molecule has 1 heterocycles. The Morgan fingerprint density at radius 3 is 1.97 bits per heavy atom. The SMILES string of the molecule is C=C(C)c1cc(N2CCC(C=O)CC2)c(OCc2ccccc2)cc1OCc1ccccc1. The van der Waals surface area contributed by atoms with Crippen LogP contribution in [-0.4, -0.2) is 19.4 Å². The first kappa shape index (κ1) is 22.7. The highest BCUT2D eigenvalue weighted by atomic mass is 16.5. The molecule has 3 aromatic rings. The van der Waals surface area contributed by atoms with Gasteiger partial charge in [0.15, 0.2) is 0 Å². The number of ether oxygens (including phenoxy) is 2. The van der Waals surface area contributed by atoms with Crippen molar-refractivity contribution in [3.63, 3.8) is 0 Å². The summed E-state index contributed by atoms with van der Waals surface area (Å²) in [5.74, 6) is 1.70. The highest BCUT2D eigenvalue weighted by molar-refractivity contribution is 5.75. The predicted octanol–water partition coefficient (Wildman–Crippen LogP) is 6.29. The number of piperidine rings is 1. The minimum atomic E-state index is 0.143. The van der Waals surface area contributed by atoms with Crippen molar-refractivity contribution in [3.05, 3.63) is 96.1 Å². The maximum atomic E-state index is 11.2. The number of allylic oxidation sites excluding steroid dienone is 1. The molecule has 0 unspecified atom stereocenters. The lowest BCUT2D eigenvalue weighted by Gasteiger charge is -2.33. The van der Waals surface area contributed by atoms with E-state index in [1.54, 1.807) is 0 Å². The van der Waals surface area contributed by atoms with Crippen molar-refractivity contribution >= 4 is 17.5 Å². The zero-order valence-electron chi connectivity index (χ0n) is 19.2. The van der Waals surface area contributed by atoms with Gasteiger partial charge in [-0.25, -0.2) is 0 Å². The summed E-state index contributed by atoms with van der Waals surface area (Å²) in [7, 11) is 0. The van der Waals surface area contributed by atoms with Gasteiger partial charge in [0.05, 0.1) is 5.69 Å². The van der Waals surface area contributed by atoms with E-state index in [0.29, 0.717) is 13.2 Å². The third-order valence-electron chi connectivity index (χ3n) is 6.07. The van der Waals surface area contributed by atoms with Crippen LogP contribution in [0.4, 0.5) is 5.69 Å². The Kier molecular flexibility index (Phi) is 7.46. The Morgan fingerprint density at radius 1 is 0.909 bits per heavy atom. The van der Waals surface area contributed by atoms with Gasteiger partial charge in [-0.15, -0.1) is 0 Å². The molecule has 0 N–H and O–H groups in total. The van der Waals surface area contributed by atoms with Gasteiger partial charge in [0.1, 0.15) is 31.0 Å². The zero-order valence-corrected chi connectivity index (χ0v) is 19.2. The van der Waals surface area contributed by atoms with Gasteiger partial charge in [0.25, 0.3) is 0 Å². The molecule has 33 heavy (non-hydrogen) atoms. The molecule has 0 aromatic heterocycles. The van der Waals surface area contributed by atoms with Crippen LogP contribution in [0.3, 0.4) is 0 Å². The first-order valence-electron chi connectivity index (χ1n) is 11.5. The third kappa shape index (κ3) is 5.83. The fraction of sp³-hybridized carbons (Fsp3) is 0.276. The normalized spacial score (nSPS) is 14.0. The van der Waals surface area contributed by atoms with Crippen LogP contribution in [0.2, 0.25) is 0 Å². The van der Waals surface area contributed by atoms with E-state index in [4.69, 9.17) is 9.47 Å². The summed E-state index contributed by atoms with van der Waals surface area (Å²) in [5.41, 5.74) is 5.17. The van der Waals surface area contributed by atoms with Gasteiger partial charge in [-0.1, -0.05) is 67.2 Å². The standard InChI is InChI=1S/C29H31NO3/c1-22(2)26-17-27(30-15-13-23(19-31)14-16-30)29(33-21-25-11-7-4-8-12-25)18-28(26)32-20-24-9-5-3-6-10-24/h3-12,17-19,23H,1,13-16,20-21H2,2H3. The number of benzene rings is 3. The van der Waals surface area contributed by atoms with Gasteiger partial charge in [0, 0.05) is 30.6 Å². The van der Waals surface area contributed by atoms with E-state index >= 15 is 0 Å². The molecule has 1 saturated heterocycles. The number of hydrogen-bond donors (Lipinski definition) is 0. The van der Waals surface area contributed by atoms with Crippen LogP contribution >= 0.6 is 0 Å². The van der Waals surface area contributed by atoms with Crippen molar-refractivity contribution in [3.8, 4) is 11.5 Å². The van der Waals surface area contributed by atoms with Gasteiger partial charge in [-0.2, -0.15) is 0 Å². The Hall–Kier alpha value is -3.53. The maximum Gasteiger partial charge on any atom is 0.146 e. The summed E-state index contributed by atoms with van der Waals surface area (Å²) in [6.45, 7) is 8.79. The van der Waals surface area contributed by atoms with Gasteiger partial charge in [0.2, 0.25) is 0 Å². The van der Waals surface area contributed by atoms with Gasteiger partial charge in [-0.05, 0) is 42.5 Å². The Bertz CT molecular complexity index is 1070. The van der Waals surface area contributed by atoms with Crippen molar-refractivity contribution in [1.82, 2.24) is 0 Å². The molecule has 4 nitrogen and oxygen atoms in total. The molecule has 1 fully saturated rings. The highest BCUT2D eigenvalue weighted by Gasteiger charge is 2.23. The molecule has 0 bridgehead atoms. The number of rotatable bonds is 9. The lowest BCUT2D eigenvalue weighted by atomic mass is 9.97. The van der Waals surface area contributed by atoms with E-state index in [-0.39, 0.29) is 5.92 Å². The molecule has 4 heteroatoms. The quantitative estimate of drug-likeness (QED) is 0.366. The second kappa shape index (κ2) is 10.9. The van der Waals surface area contributed by atoms with E-state index in [9.17, 15) is 4.79 Å². The molecular weight excluding hydrogens is 410 g/mol. The summed E-state index contributed by atoms with van der Waals surface area (Å²) < 4.78 is 12.6. The number of carbonyl (C=O) groups excluding carboxylic acids is 1. The third-order valence-corrected chi connectivity index (χ3v) is 6.07. The number of hydrogen-bond acceptors (Lipinski definition) is 4. The Labute approximate surface area is 196 Å². The molecule has 1 aliphatic heterocycles. The molecule has 0 aliphatic carbocycles. The molecule has 4 rings (SSSR count). The van der Waals surface area contributed by atoms with Crippen molar-refractivity contribution in [2.45, 2.75) is 33.0 Å². The minimum absolute atomic E-state index is 0.143. The zero-order chi connectivity index (χ0) is 23.0. The van der Waals surface area contributed by atoms with Crippen LogP contribution in [0.5, 0.6) is 11.5 Å². The van der Waals surface area contributed by atoms with Crippen molar-refractivity contribution in [2.24, 2.45) is 5.92 Å². The minimum Gasteiger partial charge on any atom is -0.488 e. The first-order chi connectivity index (χ1) is 16.1. The summed E-state index contributed by atoms with van der Waals surface area (Å²) >= 11 is 0. The molecule has 0 radical (unpaired) electrons. The summed E-state index contributed by atoms with van der Waals surface area (Å²) in [6, 6.07) is 24.4. The van der Waals surface area contributed by atoms with Crippen molar-refractivity contribution < 1.29 is 14.3 Å². The predicted molar refractivity (Wildman–Crippen MR) is 134 cm³/mol. The number of aldehydes is 1. The molecule has 0 spiro atoms. The monoisotopic (exact) mass is 441 g/mol. The Morgan fingerprint density at radius 2 is 1.45 bits per heavy atom. The van der Waals surface area contributed by atoms with Crippen LogP contribution < -0.4 is 14.4 Å². The van der Waals surface area contributed by atoms with Gasteiger partial charge < -0.3 is 19.2 Å². The van der Waals surface area contributed by atoms with Crippen molar-refractivity contribution in [2.75, 3.05) is 18.0 Å². The lowest BCUT2D eigenvalue weighted by Crippen LogP contribution is -2.34. The molecular formula is C29H31NO3. The van der Waals surface area contributed by atoms with E-state index in [2.05, 4.69) is 41.8 Å². The summed E-state index contributed by atoms with van der Waals surface area (Å²) in [4.78, 5) is 13.5. The van der Waals surface area contributed by atoms with Crippen molar-refractivity contribution in [1.29, 1.82) is 0 Å². The van der Waals surface area contributed by atoms with E-state index in [1.807, 2.05) is 49.4 Å². The second-order valence-corrected chi connectivity index (χ2v) is 8.61. The molecule has 0 amide bonds. The Balaban J connectivity index is 1.64. The van der Waals surface area contributed by atoms with Gasteiger partial charge in [-0.3, -0.25) is 0 Å². The highest BCUT2D eigenvalue weighted by Crippen LogP contribution is 2.40. The average Bonchev–Trinajstić information content (AvgIpc) is 2.87. The summed E-state index contributed by atoms with van der Waals surface area (Å²) in [5, 5.41) is 0. The van der Waals surface area contributed by atoms with Crippen LogP contribution in [0.1, 0.15) is 36.5 Å². The van der Waals surface area contributed by atoms with E-state index < -0.39 is 0 Å². The van der Waals surface area contributed by atoms with Crippen LogP contribution in [0.25, 0.3) is 5.57 Å². The summed E-state index contributed by atoms with van der Waals surface area (Å²) in [6.07, 6.45) is 2.80. The molecule has 0 atom stereocenters. The maximum absolute atomic E-state index is 11.2. The van der Waals surface area contributed by atoms with Crippen LogP contribution in [0.15, 0.2) is 79.4 Å². The fourth-order valence-corrected chi connectivity index (χ4v) is 4.11. The first-order valence-corrected chi connectivity index (χ1v) is 11.5. The van der Waals surface area contributed by atoms with E-state index in [0.717, 1.165) is 71.7 Å². The van der Waals surface area contributed by atoms with E-state index in [1.165, 1.54) is 0 Å². The second-order valence-electron chi connectivity index (χ2n) is 8.61. The largest absolute Gasteiger partial charge is 0.488 e. The number of anilines is 1. The van der Waals surface area contributed by atoms with Crippen LogP contribution in [0, 0.1) is 5.92 Å². The number of carbonyl (C=O) groups is 1. The fourth-order valence-electron chi connectivity index (χ4n) is 4.11. The molecule has 3 aromatic carbocycles. The topological polar surface area (TPSA) is 38.8 Å². The van der Waals surface area contributed by atoms with Gasteiger partial charge >= 0.3 is 0 Å². The smallest absolute Gasteiger partial charge is 0.146 e. The van der Waals surface area contributed by atoms with Crippen LogP contribution in [-0.2, 0) is 18.0 Å². The average molecular weight is 442 g/mol. The molecule has 170 valence electrons.